The molecule has 2 aromatic rings. The van der Waals surface area contributed by atoms with Crippen molar-refractivity contribution in [2.24, 2.45) is 0 Å². The van der Waals surface area contributed by atoms with Crippen molar-refractivity contribution in [3.63, 3.8) is 0 Å². The molecular formula is C15H17BrN2O3. The van der Waals surface area contributed by atoms with Gasteiger partial charge in [-0.05, 0) is 41.4 Å². The molecule has 0 aliphatic heterocycles. The third-order valence-corrected chi connectivity index (χ3v) is 3.63. The average molecular weight is 353 g/mol. The van der Waals surface area contributed by atoms with Crippen LogP contribution < -0.4 is 10.6 Å². The highest BCUT2D eigenvalue weighted by Gasteiger charge is 2.19. The monoisotopic (exact) mass is 352 g/mol. The molecule has 0 radical (unpaired) electrons. The van der Waals surface area contributed by atoms with Gasteiger partial charge in [0.25, 0.3) is 5.91 Å². The van der Waals surface area contributed by atoms with Crippen LogP contribution in [-0.2, 0) is 4.79 Å². The molecule has 0 fully saturated rings. The summed E-state index contributed by atoms with van der Waals surface area (Å²) in [4.78, 5) is 23.8. The number of amides is 2. The van der Waals surface area contributed by atoms with Gasteiger partial charge in [0.05, 0.1) is 4.47 Å². The molecule has 2 amide bonds. The quantitative estimate of drug-likeness (QED) is 0.868. The Kier molecular flexibility index (Phi) is 5.01. The third-order valence-electron chi connectivity index (χ3n) is 3.01. The highest BCUT2D eigenvalue weighted by molar-refractivity contribution is 9.10. The maximum atomic E-state index is 12.1. The molecule has 0 spiro atoms. The van der Waals surface area contributed by atoms with E-state index in [9.17, 15) is 9.59 Å². The number of hydrogen-bond donors (Lipinski definition) is 2. The minimum Gasteiger partial charge on any atom is -0.450 e. The van der Waals surface area contributed by atoms with Gasteiger partial charge in [-0.15, -0.1) is 0 Å². The van der Waals surface area contributed by atoms with E-state index in [-0.39, 0.29) is 11.7 Å². The van der Waals surface area contributed by atoms with E-state index in [0.29, 0.717) is 12.1 Å². The fourth-order valence-corrected chi connectivity index (χ4v) is 2.34. The molecule has 0 aliphatic carbocycles. The number of carbonyl (C=O) groups excluding carboxylic acids is 2. The Bertz CT molecular complexity index is 666. The van der Waals surface area contributed by atoms with E-state index in [2.05, 4.69) is 26.6 Å². The van der Waals surface area contributed by atoms with E-state index in [1.807, 2.05) is 25.1 Å². The van der Waals surface area contributed by atoms with Crippen LogP contribution in [0.25, 0.3) is 11.0 Å². The highest BCUT2D eigenvalue weighted by Crippen LogP contribution is 2.26. The van der Waals surface area contributed by atoms with E-state index in [1.165, 1.54) is 0 Å². The Labute approximate surface area is 131 Å². The minimum atomic E-state index is -0.610. The molecule has 0 aliphatic rings. The molecule has 1 unspecified atom stereocenters. The van der Waals surface area contributed by atoms with Crippen molar-refractivity contribution in [1.82, 2.24) is 10.6 Å². The normalized spacial score (nSPS) is 12.1. The number of nitrogens with one attached hydrogen (secondary N) is 2. The number of rotatable bonds is 5. The van der Waals surface area contributed by atoms with Crippen molar-refractivity contribution in [1.29, 1.82) is 0 Å². The summed E-state index contributed by atoms with van der Waals surface area (Å²) in [5, 5.41) is 6.19. The van der Waals surface area contributed by atoms with Crippen LogP contribution in [0.3, 0.4) is 0 Å². The van der Waals surface area contributed by atoms with Crippen LogP contribution in [0.5, 0.6) is 0 Å². The maximum absolute atomic E-state index is 12.1. The van der Waals surface area contributed by atoms with Crippen LogP contribution in [-0.4, -0.2) is 24.4 Å². The Hall–Kier alpha value is -1.82. The minimum absolute atomic E-state index is 0.187. The van der Waals surface area contributed by atoms with Crippen molar-refractivity contribution in [2.45, 2.75) is 26.3 Å². The maximum Gasteiger partial charge on any atom is 0.287 e. The van der Waals surface area contributed by atoms with E-state index in [0.717, 1.165) is 16.3 Å². The Morgan fingerprint density at radius 2 is 2.14 bits per heavy atom. The highest BCUT2D eigenvalue weighted by atomic mass is 79.9. The van der Waals surface area contributed by atoms with Crippen LogP contribution in [0, 0.1) is 0 Å². The molecule has 5 nitrogen and oxygen atoms in total. The molecule has 0 bridgehead atoms. The lowest BCUT2D eigenvalue weighted by Crippen LogP contribution is -2.44. The van der Waals surface area contributed by atoms with Crippen LogP contribution in [0.2, 0.25) is 0 Å². The molecule has 6 heteroatoms. The molecule has 1 atom stereocenters. The molecule has 1 aromatic carbocycles. The van der Waals surface area contributed by atoms with E-state index >= 15 is 0 Å². The van der Waals surface area contributed by atoms with Gasteiger partial charge in [0.2, 0.25) is 5.91 Å². The SMILES string of the molecule is CCCNC(=O)C(C)NC(=O)c1cc2cccc(Br)c2o1. The smallest absolute Gasteiger partial charge is 0.287 e. The first-order valence-electron chi connectivity index (χ1n) is 6.79. The largest absolute Gasteiger partial charge is 0.450 e. The number of hydrogen-bond acceptors (Lipinski definition) is 3. The molecular weight excluding hydrogens is 336 g/mol. The summed E-state index contributed by atoms with van der Waals surface area (Å²) in [6, 6.07) is 6.61. The van der Waals surface area contributed by atoms with Crippen LogP contribution in [0.4, 0.5) is 0 Å². The van der Waals surface area contributed by atoms with Gasteiger partial charge in [-0.2, -0.15) is 0 Å². The standard InChI is InChI=1S/C15H17BrN2O3/c1-3-7-17-14(19)9(2)18-15(20)12-8-10-5-4-6-11(16)13(10)21-12/h4-6,8-9H,3,7H2,1-2H3,(H,17,19)(H,18,20). The van der Waals surface area contributed by atoms with Gasteiger partial charge in [0.1, 0.15) is 11.6 Å². The second kappa shape index (κ2) is 6.76. The molecule has 112 valence electrons. The Morgan fingerprint density at radius 1 is 1.38 bits per heavy atom. The number of carbonyl (C=O) groups is 2. The lowest BCUT2D eigenvalue weighted by atomic mass is 10.2. The summed E-state index contributed by atoms with van der Waals surface area (Å²) in [6.45, 7) is 4.20. The Balaban J connectivity index is 2.08. The van der Waals surface area contributed by atoms with Crippen LogP contribution >= 0.6 is 15.9 Å². The second-order valence-corrected chi connectivity index (χ2v) is 5.61. The number of halogens is 1. The number of benzene rings is 1. The zero-order chi connectivity index (χ0) is 15.4. The van der Waals surface area contributed by atoms with Crippen molar-refractivity contribution < 1.29 is 14.0 Å². The summed E-state index contributed by atoms with van der Waals surface area (Å²) in [7, 11) is 0. The molecule has 2 N–H and O–H groups in total. The van der Waals surface area contributed by atoms with Crippen LogP contribution in [0.15, 0.2) is 33.2 Å². The van der Waals surface area contributed by atoms with E-state index in [1.54, 1.807) is 13.0 Å². The number of para-hydroxylation sites is 1. The fraction of sp³-hybridized carbons (Fsp3) is 0.333. The van der Waals surface area contributed by atoms with E-state index < -0.39 is 11.9 Å². The van der Waals surface area contributed by atoms with Gasteiger partial charge in [-0.25, -0.2) is 0 Å². The van der Waals surface area contributed by atoms with Crippen LogP contribution in [0.1, 0.15) is 30.8 Å². The fourth-order valence-electron chi connectivity index (χ4n) is 1.87. The van der Waals surface area contributed by atoms with Crippen molar-refractivity contribution >= 4 is 38.7 Å². The van der Waals surface area contributed by atoms with Crippen molar-refractivity contribution in [3.8, 4) is 0 Å². The molecule has 21 heavy (non-hydrogen) atoms. The summed E-state index contributed by atoms with van der Waals surface area (Å²) in [5.41, 5.74) is 0.616. The first kappa shape index (κ1) is 15.6. The molecule has 0 saturated carbocycles. The predicted octanol–water partition coefficient (Wildman–Crippen LogP) is 2.84. The molecule has 2 rings (SSSR count). The molecule has 1 aromatic heterocycles. The first-order chi connectivity index (χ1) is 10.0. The number of furan rings is 1. The summed E-state index contributed by atoms with van der Waals surface area (Å²) < 4.78 is 6.32. The molecule has 1 heterocycles. The molecule has 0 saturated heterocycles. The average Bonchev–Trinajstić information content (AvgIpc) is 2.90. The van der Waals surface area contributed by atoms with Gasteiger partial charge in [0, 0.05) is 11.9 Å². The van der Waals surface area contributed by atoms with Gasteiger partial charge >= 0.3 is 0 Å². The topological polar surface area (TPSA) is 71.3 Å². The lowest BCUT2D eigenvalue weighted by molar-refractivity contribution is -0.122. The summed E-state index contributed by atoms with van der Waals surface area (Å²) in [5.74, 6) is -0.424. The second-order valence-electron chi connectivity index (χ2n) is 4.76. The predicted molar refractivity (Wildman–Crippen MR) is 84.1 cm³/mol. The van der Waals surface area contributed by atoms with Gasteiger partial charge in [-0.1, -0.05) is 19.1 Å². The van der Waals surface area contributed by atoms with Gasteiger partial charge < -0.3 is 15.1 Å². The van der Waals surface area contributed by atoms with Gasteiger partial charge in [-0.3, -0.25) is 9.59 Å². The Morgan fingerprint density at radius 3 is 2.81 bits per heavy atom. The zero-order valence-electron chi connectivity index (χ0n) is 11.9. The first-order valence-corrected chi connectivity index (χ1v) is 7.59. The van der Waals surface area contributed by atoms with E-state index in [4.69, 9.17) is 4.42 Å². The zero-order valence-corrected chi connectivity index (χ0v) is 13.5. The van der Waals surface area contributed by atoms with Gasteiger partial charge in [0.15, 0.2) is 5.76 Å². The third kappa shape index (κ3) is 3.64. The summed E-state index contributed by atoms with van der Waals surface area (Å²) >= 11 is 3.37. The lowest BCUT2D eigenvalue weighted by Gasteiger charge is -2.12. The van der Waals surface area contributed by atoms with Crippen molar-refractivity contribution in [2.75, 3.05) is 6.54 Å². The van der Waals surface area contributed by atoms with Crippen molar-refractivity contribution in [3.05, 3.63) is 34.5 Å². The summed E-state index contributed by atoms with van der Waals surface area (Å²) in [6.07, 6.45) is 0.851. The number of fused-ring (bicyclic) bond motifs is 1.